The van der Waals surface area contributed by atoms with Crippen LogP contribution in [0.1, 0.15) is 39.8 Å². The normalized spacial score (nSPS) is 12.8. The largest absolute Gasteiger partial charge is 0.478 e. The second-order valence-electron chi connectivity index (χ2n) is 12.0. The van der Waals surface area contributed by atoms with Gasteiger partial charge in [-0.25, -0.2) is 9.78 Å². The van der Waals surface area contributed by atoms with Gasteiger partial charge in [0.15, 0.2) is 0 Å². The lowest BCUT2D eigenvalue weighted by molar-refractivity contribution is -0.133. The third-order valence-electron chi connectivity index (χ3n) is 8.43. The van der Waals surface area contributed by atoms with E-state index in [1.54, 1.807) is 6.08 Å². The highest BCUT2D eigenvalue weighted by atomic mass is 16.7. The fourth-order valence-corrected chi connectivity index (χ4v) is 6.11. The van der Waals surface area contributed by atoms with Crippen LogP contribution in [0.5, 0.6) is 0 Å². The number of nitrogens with one attached hydrogen (secondary N) is 3. The molecule has 2 heterocycles. The average molecular weight is 639 g/mol. The number of amides is 1. The van der Waals surface area contributed by atoms with E-state index in [0.29, 0.717) is 17.8 Å². The van der Waals surface area contributed by atoms with E-state index >= 15 is 0 Å². The van der Waals surface area contributed by atoms with E-state index in [9.17, 15) is 14.7 Å². The Labute approximate surface area is 280 Å². The molecule has 0 radical (unpaired) electrons. The van der Waals surface area contributed by atoms with Crippen molar-refractivity contribution < 1.29 is 19.5 Å². The summed E-state index contributed by atoms with van der Waals surface area (Å²) in [5, 5.41) is 12.5. The molecule has 8 heteroatoms. The molecule has 1 amide bonds. The molecule has 0 fully saturated rings. The van der Waals surface area contributed by atoms with Crippen molar-refractivity contribution in [3.05, 3.63) is 136 Å². The van der Waals surface area contributed by atoms with Gasteiger partial charge in [-0.3, -0.25) is 15.1 Å². The molecule has 4 aromatic carbocycles. The van der Waals surface area contributed by atoms with Crippen LogP contribution in [-0.2, 0) is 20.8 Å². The molecule has 4 N–H and O–H groups in total. The van der Waals surface area contributed by atoms with Crippen molar-refractivity contribution in [1.29, 1.82) is 0 Å². The van der Waals surface area contributed by atoms with E-state index in [2.05, 4.69) is 60.8 Å². The number of hydrogen-bond donors (Lipinski definition) is 4. The van der Waals surface area contributed by atoms with Crippen LogP contribution < -0.4 is 10.8 Å². The van der Waals surface area contributed by atoms with E-state index in [0.717, 1.165) is 63.4 Å². The minimum Gasteiger partial charge on any atom is -0.478 e. The second kappa shape index (κ2) is 14.4. The Kier molecular flexibility index (Phi) is 9.64. The predicted octanol–water partition coefficient (Wildman–Crippen LogP) is 7.43. The van der Waals surface area contributed by atoms with Gasteiger partial charge < -0.3 is 15.4 Å². The number of rotatable bonds is 11. The molecule has 48 heavy (non-hydrogen) atoms. The second-order valence-corrected chi connectivity index (χ2v) is 12.0. The van der Waals surface area contributed by atoms with Crippen molar-refractivity contribution in [2.45, 2.75) is 33.6 Å². The van der Waals surface area contributed by atoms with Crippen LogP contribution in [0.4, 0.5) is 0 Å². The lowest BCUT2D eigenvalue weighted by Gasteiger charge is -2.08. The number of carboxylic acids is 1. The standard InChI is InChI=1S/C40H38N4O4/c1-25-22-26(2)35(27(3)23-25)39-42-37(38(43-39)32-18-16-30(17-19-32)36-33(40(46)47)24-48-44-36)31-14-11-29(12-15-31)13-20-34(45)41-21-7-10-28-8-5-4-6-9-28/h4-6,8-9,11-20,22-23,44H,7,10,21,24H2,1-3H3,(H,41,45)(H,42,43)(H,46,47). The number of hydroxylamine groups is 1. The molecule has 0 saturated carbocycles. The molecule has 0 saturated heterocycles. The number of nitrogens with zero attached hydrogens (tertiary/aromatic N) is 1. The molecule has 1 aliphatic rings. The fraction of sp³-hybridized carbons (Fsp3) is 0.175. The molecule has 8 nitrogen and oxygen atoms in total. The number of H-pyrrole nitrogens is 1. The quantitative estimate of drug-likeness (QED) is 0.0884. The van der Waals surface area contributed by atoms with Crippen molar-refractivity contribution in [3.63, 3.8) is 0 Å². The molecule has 0 aliphatic carbocycles. The van der Waals surface area contributed by atoms with Gasteiger partial charge in [0.1, 0.15) is 12.4 Å². The third kappa shape index (κ3) is 7.29. The Morgan fingerprint density at radius 1 is 0.896 bits per heavy atom. The maximum absolute atomic E-state index is 12.4. The Hall–Kier alpha value is -5.73. The molecule has 0 unspecified atom stereocenters. The zero-order valence-electron chi connectivity index (χ0n) is 27.3. The van der Waals surface area contributed by atoms with Crippen molar-refractivity contribution >= 4 is 23.6 Å². The minimum absolute atomic E-state index is 0.000837. The summed E-state index contributed by atoms with van der Waals surface area (Å²) >= 11 is 0. The highest BCUT2D eigenvalue weighted by Crippen LogP contribution is 2.36. The SMILES string of the molecule is Cc1cc(C)c(-c2nc(-c3ccc(C4=C(C(=O)O)CON4)cc3)c(-c3ccc(C=CC(=O)NCCCc4ccccc4)cc3)[nH]2)c(C)c1. The fourth-order valence-electron chi connectivity index (χ4n) is 6.11. The number of carbonyl (C=O) groups excluding carboxylic acids is 1. The summed E-state index contributed by atoms with van der Waals surface area (Å²) in [7, 11) is 0. The number of hydrogen-bond acceptors (Lipinski definition) is 5. The molecule has 6 rings (SSSR count). The number of aromatic amines is 1. The molecular formula is C40H38N4O4. The molecule has 0 bridgehead atoms. The lowest BCUT2D eigenvalue weighted by Crippen LogP contribution is -2.22. The monoisotopic (exact) mass is 638 g/mol. The number of aromatic nitrogens is 2. The number of benzene rings is 4. The van der Waals surface area contributed by atoms with Gasteiger partial charge in [0.05, 0.1) is 22.7 Å². The Morgan fingerprint density at radius 3 is 2.25 bits per heavy atom. The highest BCUT2D eigenvalue weighted by Gasteiger charge is 2.23. The van der Waals surface area contributed by atoms with Gasteiger partial charge in [0, 0.05) is 34.9 Å². The lowest BCUT2D eigenvalue weighted by atomic mass is 9.99. The summed E-state index contributed by atoms with van der Waals surface area (Å²) in [5.41, 5.74) is 14.2. The van der Waals surface area contributed by atoms with E-state index < -0.39 is 5.97 Å². The van der Waals surface area contributed by atoms with Crippen LogP contribution in [0.2, 0.25) is 0 Å². The zero-order valence-corrected chi connectivity index (χ0v) is 27.3. The summed E-state index contributed by atoms with van der Waals surface area (Å²) in [6, 6.07) is 30.2. The third-order valence-corrected chi connectivity index (χ3v) is 8.43. The van der Waals surface area contributed by atoms with Gasteiger partial charge in [-0.15, -0.1) is 0 Å². The first kappa shape index (κ1) is 32.2. The van der Waals surface area contributed by atoms with Crippen molar-refractivity contribution in [1.82, 2.24) is 20.8 Å². The van der Waals surface area contributed by atoms with Crippen LogP contribution in [0.25, 0.3) is 45.7 Å². The van der Waals surface area contributed by atoms with Crippen LogP contribution in [-0.4, -0.2) is 40.1 Å². The van der Waals surface area contributed by atoms with E-state index in [1.165, 1.54) is 11.1 Å². The molecule has 1 aromatic heterocycles. The van der Waals surface area contributed by atoms with Gasteiger partial charge in [-0.1, -0.05) is 96.6 Å². The number of carboxylic acid groups (broad SMARTS) is 1. The topological polar surface area (TPSA) is 116 Å². The number of imidazole rings is 1. The van der Waals surface area contributed by atoms with Gasteiger partial charge >= 0.3 is 5.97 Å². The minimum atomic E-state index is -1.01. The number of aryl methyl sites for hydroxylation is 4. The molecule has 242 valence electrons. The highest BCUT2D eigenvalue weighted by molar-refractivity contribution is 5.97. The molecule has 1 aliphatic heterocycles. The first-order valence-corrected chi connectivity index (χ1v) is 16.0. The summed E-state index contributed by atoms with van der Waals surface area (Å²) in [6.45, 7) is 6.89. The van der Waals surface area contributed by atoms with Gasteiger partial charge in [-0.2, -0.15) is 0 Å². The maximum Gasteiger partial charge on any atom is 0.336 e. The molecular weight excluding hydrogens is 600 g/mol. The van der Waals surface area contributed by atoms with Crippen molar-refractivity contribution in [2.75, 3.05) is 13.2 Å². The van der Waals surface area contributed by atoms with Gasteiger partial charge in [-0.05, 0) is 61.9 Å². The Morgan fingerprint density at radius 2 is 1.56 bits per heavy atom. The van der Waals surface area contributed by atoms with Crippen LogP contribution >= 0.6 is 0 Å². The van der Waals surface area contributed by atoms with Crippen molar-refractivity contribution in [2.24, 2.45) is 0 Å². The van der Waals surface area contributed by atoms with Crippen LogP contribution in [0.15, 0.2) is 103 Å². The number of aliphatic carboxylic acids is 1. The summed E-state index contributed by atoms with van der Waals surface area (Å²) in [4.78, 5) is 38.0. The van der Waals surface area contributed by atoms with Crippen molar-refractivity contribution in [3.8, 4) is 33.9 Å². The molecule has 5 aromatic rings. The van der Waals surface area contributed by atoms with Gasteiger partial charge in [0.2, 0.25) is 5.91 Å². The first-order valence-electron chi connectivity index (χ1n) is 16.0. The predicted molar refractivity (Wildman–Crippen MR) is 190 cm³/mol. The van der Waals surface area contributed by atoms with Crippen LogP contribution in [0, 0.1) is 20.8 Å². The first-order chi connectivity index (χ1) is 23.3. The zero-order chi connectivity index (χ0) is 33.6. The summed E-state index contributed by atoms with van der Waals surface area (Å²) in [6.07, 6.45) is 5.18. The number of carbonyl (C=O) groups is 2. The maximum atomic E-state index is 12.4. The smallest absolute Gasteiger partial charge is 0.336 e. The van der Waals surface area contributed by atoms with Crippen LogP contribution in [0.3, 0.4) is 0 Å². The molecule has 0 spiro atoms. The summed E-state index contributed by atoms with van der Waals surface area (Å²) < 4.78 is 0. The van der Waals surface area contributed by atoms with E-state index in [-0.39, 0.29) is 18.1 Å². The van der Waals surface area contributed by atoms with Gasteiger partial charge in [0.25, 0.3) is 0 Å². The van der Waals surface area contributed by atoms with E-state index in [4.69, 9.17) is 9.82 Å². The Bertz CT molecular complexity index is 1980. The average Bonchev–Trinajstić information content (AvgIpc) is 3.75. The molecule has 0 atom stereocenters. The summed E-state index contributed by atoms with van der Waals surface area (Å²) in [5.74, 6) is -0.362. The Balaban J connectivity index is 1.24. The van der Waals surface area contributed by atoms with E-state index in [1.807, 2.05) is 72.8 Å².